The molecule has 1 saturated carbocycles. The number of benzene rings is 1. The SMILES string of the molecule is COC(=O)CCC1CCC(NCc2ccc(N3CCN(C(=O)OC(C)(C)C)CC3)cc2)CC1. The molecule has 0 radical (unpaired) electrons. The predicted molar refractivity (Wildman–Crippen MR) is 130 cm³/mol. The number of amides is 1. The number of hydrogen-bond donors (Lipinski definition) is 1. The molecule has 1 aromatic rings. The van der Waals surface area contributed by atoms with Crippen LogP contribution in [0.25, 0.3) is 0 Å². The maximum atomic E-state index is 12.3. The average Bonchev–Trinajstić information content (AvgIpc) is 2.81. The van der Waals surface area contributed by atoms with Gasteiger partial charge in [-0.1, -0.05) is 12.1 Å². The largest absolute Gasteiger partial charge is 0.469 e. The van der Waals surface area contributed by atoms with E-state index in [1.54, 1.807) is 4.90 Å². The van der Waals surface area contributed by atoms with E-state index < -0.39 is 5.60 Å². The Morgan fingerprint density at radius 3 is 2.21 bits per heavy atom. The highest BCUT2D eigenvalue weighted by atomic mass is 16.6. The van der Waals surface area contributed by atoms with Crippen molar-refractivity contribution in [2.24, 2.45) is 5.92 Å². The van der Waals surface area contributed by atoms with E-state index in [9.17, 15) is 9.59 Å². The van der Waals surface area contributed by atoms with E-state index in [0.717, 1.165) is 26.1 Å². The van der Waals surface area contributed by atoms with E-state index >= 15 is 0 Å². The van der Waals surface area contributed by atoms with Gasteiger partial charge in [0.25, 0.3) is 0 Å². The Balaban J connectivity index is 1.36. The molecular formula is C26H41N3O4. The zero-order chi connectivity index (χ0) is 23.8. The molecule has 7 heteroatoms. The second-order valence-corrected chi connectivity index (χ2v) is 10.3. The number of carbonyl (C=O) groups is 2. The summed E-state index contributed by atoms with van der Waals surface area (Å²) in [6.07, 6.45) is 5.99. The molecule has 2 aliphatic rings. The van der Waals surface area contributed by atoms with Crippen LogP contribution >= 0.6 is 0 Å². The number of esters is 1. The number of anilines is 1. The van der Waals surface area contributed by atoms with Crippen LogP contribution in [0.3, 0.4) is 0 Å². The van der Waals surface area contributed by atoms with Gasteiger partial charge in [0.15, 0.2) is 0 Å². The van der Waals surface area contributed by atoms with Gasteiger partial charge in [-0.25, -0.2) is 4.79 Å². The molecule has 1 saturated heterocycles. The normalized spacial score (nSPS) is 21.6. The topological polar surface area (TPSA) is 71.1 Å². The quantitative estimate of drug-likeness (QED) is 0.612. The first-order valence-corrected chi connectivity index (χ1v) is 12.4. The summed E-state index contributed by atoms with van der Waals surface area (Å²) < 4.78 is 10.2. The zero-order valence-corrected chi connectivity index (χ0v) is 20.8. The van der Waals surface area contributed by atoms with E-state index in [2.05, 4.69) is 34.5 Å². The molecule has 0 spiro atoms. The van der Waals surface area contributed by atoms with Gasteiger partial charge in [0.1, 0.15) is 5.60 Å². The van der Waals surface area contributed by atoms with Crippen LogP contribution < -0.4 is 10.2 Å². The minimum atomic E-state index is -0.456. The second-order valence-electron chi connectivity index (χ2n) is 10.3. The molecule has 1 aliphatic heterocycles. The molecule has 0 aromatic heterocycles. The standard InChI is InChI=1S/C26H41N3O4/c1-26(2,3)33-25(31)29-17-15-28(16-18-29)23-12-7-21(8-13-23)19-27-22-10-5-20(6-11-22)9-14-24(30)32-4/h7-8,12-13,20,22,27H,5-6,9-11,14-19H2,1-4H3. The lowest BCUT2D eigenvalue weighted by Crippen LogP contribution is -2.50. The summed E-state index contributed by atoms with van der Waals surface area (Å²) in [4.78, 5) is 27.7. The van der Waals surface area contributed by atoms with Gasteiger partial charge in [-0.2, -0.15) is 0 Å². The first-order valence-electron chi connectivity index (χ1n) is 12.4. The summed E-state index contributed by atoms with van der Waals surface area (Å²) in [5.41, 5.74) is 2.04. The van der Waals surface area contributed by atoms with Crippen LogP contribution in [0.2, 0.25) is 0 Å². The van der Waals surface area contributed by atoms with Crippen LogP contribution in [0.1, 0.15) is 64.9 Å². The molecule has 1 heterocycles. The Labute approximate surface area is 198 Å². The van der Waals surface area contributed by atoms with E-state index in [4.69, 9.17) is 9.47 Å². The molecule has 0 bridgehead atoms. The molecule has 1 aromatic carbocycles. The summed E-state index contributed by atoms with van der Waals surface area (Å²) >= 11 is 0. The Morgan fingerprint density at radius 1 is 1.00 bits per heavy atom. The fraction of sp³-hybridized carbons (Fsp3) is 0.692. The molecule has 33 heavy (non-hydrogen) atoms. The highest BCUT2D eigenvalue weighted by Gasteiger charge is 2.26. The van der Waals surface area contributed by atoms with Gasteiger partial charge in [0.05, 0.1) is 7.11 Å². The predicted octanol–water partition coefficient (Wildman–Crippen LogP) is 4.35. The van der Waals surface area contributed by atoms with Crippen LogP contribution in [-0.2, 0) is 20.8 Å². The van der Waals surface area contributed by atoms with Crippen molar-refractivity contribution in [3.05, 3.63) is 29.8 Å². The fourth-order valence-corrected chi connectivity index (χ4v) is 4.64. The van der Waals surface area contributed by atoms with Gasteiger partial charge in [0, 0.05) is 50.9 Å². The van der Waals surface area contributed by atoms with Crippen LogP contribution in [0.4, 0.5) is 10.5 Å². The third-order valence-corrected chi connectivity index (χ3v) is 6.66. The Bertz CT molecular complexity index is 759. The van der Waals surface area contributed by atoms with Gasteiger partial charge in [0.2, 0.25) is 0 Å². The monoisotopic (exact) mass is 459 g/mol. The summed E-state index contributed by atoms with van der Waals surface area (Å²) in [6.45, 7) is 9.57. The van der Waals surface area contributed by atoms with Crippen molar-refractivity contribution in [1.82, 2.24) is 10.2 Å². The van der Waals surface area contributed by atoms with Crippen molar-refractivity contribution in [2.45, 2.75) is 77.5 Å². The molecule has 0 unspecified atom stereocenters. The molecule has 2 fully saturated rings. The minimum Gasteiger partial charge on any atom is -0.469 e. The Hall–Kier alpha value is -2.28. The fourth-order valence-electron chi connectivity index (χ4n) is 4.64. The van der Waals surface area contributed by atoms with Crippen LogP contribution in [0, 0.1) is 5.92 Å². The van der Waals surface area contributed by atoms with Crippen molar-refractivity contribution in [3.8, 4) is 0 Å². The summed E-state index contributed by atoms with van der Waals surface area (Å²) in [5.74, 6) is 0.556. The number of nitrogens with zero attached hydrogens (tertiary/aromatic N) is 2. The smallest absolute Gasteiger partial charge is 0.410 e. The van der Waals surface area contributed by atoms with Gasteiger partial charge >= 0.3 is 12.1 Å². The van der Waals surface area contributed by atoms with E-state index in [0.29, 0.717) is 31.5 Å². The Morgan fingerprint density at radius 2 is 1.64 bits per heavy atom. The van der Waals surface area contributed by atoms with E-state index in [1.807, 2.05) is 20.8 Å². The molecular weight excluding hydrogens is 418 g/mol. The first kappa shape index (κ1) is 25.3. The van der Waals surface area contributed by atoms with E-state index in [1.165, 1.54) is 44.0 Å². The van der Waals surface area contributed by atoms with Crippen molar-refractivity contribution in [2.75, 3.05) is 38.2 Å². The number of nitrogens with one attached hydrogen (secondary N) is 1. The van der Waals surface area contributed by atoms with Crippen molar-refractivity contribution in [1.29, 1.82) is 0 Å². The van der Waals surface area contributed by atoms with Crippen LogP contribution in [-0.4, -0.2) is 61.9 Å². The molecule has 1 amide bonds. The van der Waals surface area contributed by atoms with Crippen LogP contribution in [0.15, 0.2) is 24.3 Å². The number of piperazine rings is 1. The molecule has 0 atom stereocenters. The summed E-state index contributed by atoms with van der Waals surface area (Å²) in [5, 5.41) is 3.71. The van der Waals surface area contributed by atoms with Gasteiger partial charge in [-0.05, 0) is 76.5 Å². The first-order chi connectivity index (χ1) is 15.7. The van der Waals surface area contributed by atoms with Gasteiger partial charge < -0.3 is 24.6 Å². The van der Waals surface area contributed by atoms with Crippen molar-refractivity contribution in [3.63, 3.8) is 0 Å². The third-order valence-electron chi connectivity index (χ3n) is 6.66. The number of ether oxygens (including phenoxy) is 2. The highest BCUT2D eigenvalue weighted by Crippen LogP contribution is 2.28. The average molecular weight is 460 g/mol. The lowest BCUT2D eigenvalue weighted by atomic mass is 9.83. The van der Waals surface area contributed by atoms with E-state index in [-0.39, 0.29) is 12.1 Å². The Kier molecular flexibility index (Phi) is 9.01. The molecule has 1 aliphatic carbocycles. The second kappa shape index (κ2) is 11.7. The summed E-state index contributed by atoms with van der Waals surface area (Å²) in [7, 11) is 1.46. The lowest BCUT2D eigenvalue weighted by Gasteiger charge is -2.36. The zero-order valence-electron chi connectivity index (χ0n) is 20.8. The lowest BCUT2D eigenvalue weighted by molar-refractivity contribution is -0.141. The molecule has 7 nitrogen and oxygen atoms in total. The number of methoxy groups -OCH3 is 1. The van der Waals surface area contributed by atoms with Crippen molar-refractivity contribution >= 4 is 17.7 Å². The summed E-state index contributed by atoms with van der Waals surface area (Å²) in [6, 6.07) is 9.32. The number of rotatable bonds is 7. The molecule has 184 valence electrons. The van der Waals surface area contributed by atoms with Crippen molar-refractivity contribution < 1.29 is 19.1 Å². The maximum absolute atomic E-state index is 12.3. The number of carbonyl (C=O) groups excluding carboxylic acids is 2. The van der Waals surface area contributed by atoms with Crippen LogP contribution in [0.5, 0.6) is 0 Å². The third kappa shape index (κ3) is 8.22. The highest BCUT2D eigenvalue weighted by molar-refractivity contribution is 5.69. The minimum absolute atomic E-state index is 0.0939. The van der Waals surface area contributed by atoms with Gasteiger partial charge in [-0.15, -0.1) is 0 Å². The molecule has 1 N–H and O–H groups in total. The molecule has 3 rings (SSSR count). The van der Waals surface area contributed by atoms with Gasteiger partial charge in [-0.3, -0.25) is 4.79 Å². The number of hydrogen-bond acceptors (Lipinski definition) is 6. The maximum Gasteiger partial charge on any atom is 0.410 e.